The quantitative estimate of drug-likeness (QED) is 0.669. The van der Waals surface area contributed by atoms with E-state index in [2.05, 4.69) is 0 Å². The summed E-state index contributed by atoms with van der Waals surface area (Å²) in [6.45, 7) is 0.242. The minimum absolute atomic E-state index is 0.115. The molecule has 112 valence electrons. The van der Waals surface area contributed by atoms with Gasteiger partial charge in [0.25, 0.3) is 5.91 Å². The van der Waals surface area contributed by atoms with Crippen molar-refractivity contribution in [3.63, 3.8) is 0 Å². The second kappa shape index (κ2) is 5.43. The molecule has 9 heteroatoms. The van der Waals surface area contributed by atoms with E-state index < -0.39 is 39.7 Å². The number of hydrogen-bond acceptors (Lipinski definition) is 4. The van der Waals surface area contributed by atoms with E-state index in [1.54, 1.807) is 0 Å². The predicted octanol–water partition coefficient (Wildman–Crippen LogP) is 1.42. The molecule has 1 aliphatic rings. The number of halogens is 2. The van der Waals surface area contributed by atoms with Gasteiger partial charge < -0.3 is 10.0 Å². The molecule has 1 heterocycles. The van der Waals surface area contributed by atoms with Crippen LogP contribution in [0.25, 0.3) is 0 Å². The van der Waals surface area contributed by atoms with Crippen LogP contribution in [0.3, 0.4) is 0 Å². The van der Waals surface area contributed by atoms with Crippen molar-refractivity contribution >= 4 is 17.6 Å². The molecule has 2 rings (SSSR count). The number of rotatable bonds is 4. The first-order valence-corrected chi connectivity index (χ1v) is 5.94. The molecule has 0 aromatic heterocycles. The standard InChI is InChI=1S/C12H10F2N2O5/c13-8-3-9(14)10(16(20)21)2-7(8)12(19)15-4-6(5-15)1-11(17)18/h2-3,6H,1,4-5H2,(H,17,18). The molecule has 1 N–H and O–H groups in total. The van der Waals surface area contributed by atoms with Crippen LogP contribution in [0.4, 0.5) is 14.5 Å². The predicted molar refractivity (Wildman–Crippen MR) is 64.7 cm³/mol. The summed E-state index contributed by atoms with van der Waals surface area (Å²) >= 11 is 0. The second-order valence-corrected chi connectivity index (χ2v) is 4.71. The zero-order valence-electron chi connectivity index (χ0n) is 10.6. The lowest BCUT2D eigenvalue weighted by Crippen LogP contribution is -2.50. The zero-order valence-corrected chi connectivity index (χ0v) is 10.6. The number of likely N-dealkylation sites (tertiary alicyclic amines) is 1. The number of aliphatic carboxylic acids is 1. The van der Waals surface area contributed by atoms with Gasteiger partial charge in [0.2, 0.25) is 5.82 Å². The smallest absolute Gasteiger partial charge is 0.305 e. The highest BCUT2D eigenvalue weighted by Crippen LogP contribution is 2.26. The van der Waals surface area contributed by atoms with E-state index in [4.69, 9.17) is 5.11 Å². The lowest BCUT2D eigenvalue weighted by molar-refractivity contribution is -0.387. The van der Waals surface area contributed by atoms with Crippen LogP contribution in [0, 0.1) is 27.7 Å². The molecular weight excluding hydrogens is 290 g/mol. The highest BCUT2D eigenvalue weighted by atomic mass is 19.1. The van der Waals surface area contributed by atoms with Crippen LogP contribution in [0.15, 0.2) is 12.1 Å². The summed E-state index contributed by atoms with van der Waals surface area (Å²) in [6.07, 6.45) is -0.115. The van der Waals surface area contributed by atoms with Crippen LogP contribution in [-0.4, -0.2) is 39.9 Å². The minimum atomic E-state index is -1.36. The molecule has 0 bridgehead atoms. The van der Waals surface area contributed by atoms with E-state index in [9.17, 15) is 28.5 Å². The Balaban J connectivity index is 2.16. The molecule has 1 aromatic carbocycles. The van der Waals surface area contributed by atoms with Crippen molar-refractivity contribution in [3.05, 3.63) is 39.4 Å². The third-order valence-corrected chi connectivity index (χ3v) is 3.17. The Morgan fingerprint density at radius 2 is 1.95 bits per heavy atom. The van der Waals surface area contributed by atoms with E-state index >= 15 is 0 Å². The SMILES string of the molecule is O=C(O)CC1CN(C(=O)c2cc([N+](=O)[O-])c(F)cc2F)C1. The Hall–Kier alpha value is -2.58. The normalized spacial score (nSPS) is 14.7. The van der Waals surface area contributed by atoms with Gasteiger partial charge in [0.05, 0.1) is 16.9 Å². The first kappa shape index (κ1) is 14.8. The van der Waals surface area contributed by atoms with Crippen molar-refractivity contribution in [1.82, 2.24) is 4.90 Å². The zero-order chi connectivity index (χ0) is 15.7. The maximum atomic E-state index is 13.6. The van der Waals surface area contributed by atoms with Crippen molar-refractivity contribution in [2.24, 2.45) is 5.92 Å². The molecule has 0 unspecified atom stereocenters. The van der Waals surface area contributed by atoms with E-state index in [0.29, 0.717) is 12.1 Å². The molecule has 21 heavy (non-hydrogen) atoms. The molecule has 1 saturated heterocycles. The molecule has 0 aliphatic carbocycles. The number of hydrogen-bond donors (Lipinski definition) is 1. The molecule has 0 atom stereocenters. The first-order valence-electron chi connectivity index (χ1n) is 5.94. The molecule has 1 fully saturated rings. The molecule has 0 spiro atoms. The maximum absolute atomic E-state index is 13.6. The van der Waals surface area contributed by atoms with Gasteiger partial charge in [-0.2, -0.15) is 4.39 Å². The Labute approximate surface area is 116 Å². The van der Waals surface area contributed by atoms with Crippen molar-refractivity contribution in [1.29, 1.82) is 0 Å². The van der Waals surface area contributed by atoms with Crippen LogP contribution >= 0.6 is 0 Å². The third-order valence-electron chi connectivity index (χ3n) is 3.17. The number of carbonyl (C=O) groups is 2. The number of carbonyl (C=O) groups excluding carboxylic acids is 1. The number of nitrogens with zero attached hydrogens (tertiary/aromatic N) is 2. The van der Waals surface area contributed by atoms with Crippen molar-refractivity contribution in [2.75, 3.05) is 13.1 Å². The molecule has 1 amide bonds. The van der Waals surface area contributed by atoms with Crippen molar-refractivity contribution in [3.8, 4) is 0 Å². The van der Waals surface area contributed by atoms with Gasteiger partial charge in [0, 0.05) is 31.1 Å². The van der Waals surface area contributed by atoms with Crippen LogP contribution in [-0.2, 0) is 4.79 Å². The summed E-state index contributed by atoms with van der Waals surface area (Å²) in [5, 5.41) is 19.2. The van der Waals surface area contributed by atoms with Crippen molar-refractivity contribution in [2.45, 2.75) is 6.42 Å². The molecule has 1 aliphatic heterocycles. The van der Waals surface area contributed by atoms with Gasteiger partial charge in [-0.1, -0.05) is 0 Å². The number of carboxylic acid groups (broad SMARTS) is 1. The Bertz CT molecular complexity index is 628. The summed E-state index contributed by atoms with van der Waals surface area (Å²) in [5.41, 5.74) is -1.58. The van der Waals surface area contributed by atoms with E-state index in [0.717, 1.165) is 4.90 Å². The number of benzene rings is 1. The average Bonchev–Trinajstić information content (AvgIpc) is 2.31. The van der Waals surface area contributed by atoms with Gasteiger partial charge in [-0.15, -0.1) is 0 Å². The van der Waals surface area contributed by atoms with Crippen LogP contribution in [0.5, 0.6) is 0 Å². The largest absolute Gasteiger partial charge is 0.481 e. The molecule has 1 aromatic rings. The summed E-state index contributed by atoms with van der Waals surface area (Å²) < 4.78 is 26.7. The van der Waals surface area contributed by atoms with Gasteiger partial charge in [-0.05, 0) is 0 Å². The van der Waals surface area contributed by atoms with Gasteiger partial charge in [0.15, 0.2) is 0 Å². The van der Waals surface area contributed by atoms with Gasteiger partial charge in [-0.25, -0.2) is 4.39 Å². The summed E-state index contributed by atoms with van der Waals surface area (Å²) in [4.78, 5) is 33.1. The highest BCUT2D eigenvalue weighted by Gasteiger charge is 2.34. The number of carboxylic acids is 1. The molecule has 0 radical (unpaired) electrons. The number of nitro groups is 1. The van der Waals surface area contributed by atoms with Crippen molar-refractivity contribution < 1.29 is 28.4 Å². The Morgan fingerprint density at radius 1 is 1.33 bits per heavy atom. The molecular formula is C12H10F2N2O5. The number of amides is 1. The highest BCUT2D eigenvalue weighted by molar-refractivity contribution is 5.95. The third kappa shape index (κ3) is 2.96. The fourth-order valence-corrected chi connectivity index (χ4v) is 2.12. The van der Waals surface area contributed by atoms with Crippen LogP contribution < -0.4 is 0 Å². The van der Waals surface area contributed by atoms with Gasteiger partial charge in [-0.3, -0.25) is 19.7 Å². The lowest BCUT2D eigenvalue weighted by Gasteiger charge is -2.38. The Kier molecular flexibility index (Phi) is 3.83. The second-order valence-electron chi connectivity index (χ2n) is 4.71. The minimum Gasteiger partial charge on any atom is -0.481 e. The topological polar surface area (TPSA) is 101 Å². The van der Waals surface area contributed by atoms with Gasteiger partial charge in [0.1, 0.15) is 5.82 Å². The summed E-state index contributed by atoms with van der Waals surface area (Å²) in [6, 6.07) is 0.845. The van der Waals surface area contributed by atoms with E-state index in [1.165, 1.54) is 0 Å². The first-order chi connectivity index (χ1) is 9.79. The van der Waals surface area contributed by atoms with Gasteiger partial charge >= 0.3 is 11.7 Å². The van der Waals surface area contributed by atoms with E-state index in [1.807, 2.05) is 0 Å². The van der Waals surface area contributed by atoms with E-state index in [-0.39, 0.29) is 25.4 Å². The summed E-state index contributed by atoms with van der Waals surface area (Å²) in [7, 11) is 0. The monoisotopic (exact) mass is 300 g/mol. The fraction of sp³-hybridized carbons (Fsp3) is 0.333. The average molecular weight is 300 g/mol. The van der Waals surface area contributed by atoms with Crippen LogP contribution in [0.1, 0.15) is 16.8 Å². The molecule has 0 saturated carbocycles. The Morgan fingerprint density at radius 3 is 2.48 bits per heavy atom. The number of nitro benzene ring substituents is 1. The summed E-state index contributed by atoms with van der Waals surface area (Å²) in [5.74, 6) is -4.61. The fourth-order valence-electron chi connectivity index (χ4n) is 2.12. The maximum Gasteiger partial charge on any atom is 0.305 e. The van der Waals surface area contributed by atoms with Crippen LogP contribution in [0.2, 0.25) is 0 Å². The molecule has 7 nitrogen and oxygen atoms in total. The lowest BCUT2D eigenvalue weighted by atomic mass is 9.95.